The summed E-state index contributed by atoms with van der Waals surface area (Å²) in [4.78, 5) is 43.3. The van der Waals surface area contributed by atoms with Crippen molar-refractivity contribution < 1.29 is 14.4 Å². The molecular weight excluding hydrogens is 430 g/mol. The largest absolute Gasteiger partial charge is 0.382 e. The zero-order valence-electron chi connectivity index (χ0n) is 19.4. The van der Waals surface area contributed by atoms with Crippen molar-refractivity contribution in [3.8, 4) is 0 Å². The van der Waals surface area contributed by atoms with Crippen LogP contribution in [0.3, 0.4) is 0 Å². The first-order valence-corrected chi connectivity index (χ1v) is 12.1. The average Bonchev–Trinajstić information content (AvgIpc) is 3.54. The Morgan fingerprint density at radius 1 is 1.03 bits per heavy atom. The first kappa shape index (κ1) is 22.4. The second kappa shape index (κ2) is 9.08. The van der Waals surface area contributed by atoms with E-state index >= 15 is 0 Å². The van der Waals surface area contributed by atoms with Crippen LogP contribution in [0.25, 0.3) is 0 Å². The van der Waals surface area contributed by atoms with Crippen molar-refractivity contribution in [2.24, 2.45) is 11.7 Å². The van der Waals surface area contributed by atoms with Crippen molar-refractivity contribution in [3.63, 3.8) is 0 Å². The Hall–Kier alpha value is -3.42. The number of pyridine rings is 1. The van der Waals surface area contributed by atoms with Crippen LogP contribution in [0, 0.1) is 5.92 Å². The Balaban J connectivity index is 1.27. The Bertz CT molecular complexity index is 1110. The summed E-state index contributed by atoms with van der Waals surface area (Å²) >= 11 is 0. The molecule has 2 aromatic rings. The first-order valence-electron chi connectivity index (χ1n) is 12.1. The lowest BCUT2D eigenvalue weighted by Gasteiger charge is -2.38. The summed E-state index contributed by atoms with van der Waals surface area (Å²) in [5.41, 5.74) is 7.71. The maximum atomic E-state index is 13.1. The van der Waals surface area contributed by atoms with Crippen LogP contribution < -0.4 is 21.3 Å². The van der Waals surface area contributed by atoms with E-state index in [1.165, 1.54) is 0 Å². The minimum atomic E-state index is -0.500. The highest BCUT2D eigenvalue weighted by Crippen LogP contribution is 2.39. The van der Waals surface area contributed by atoms with Crippen molar-refractivity contribution in [1.29, 1.82) is 0 Å². The molecule has 1 aromatic heterocycles. The van der Waals surface area contributed by atoms with Gasteiger partial charge in [0.1, 0.15) is 5.82 Å². The number of nitrogens with one attached hydrogen (secondary N) is 2. The normalized spacial score (nSPS) is 23.8. The van der Waals surface area contributed by atoms with Gasteiger partial charge < -0.3 is 21.3 Å². The van der Waals surface area contributed by atoms with Crippen LogP contribution >= 0.6 is 0 Å². The molecule has 3 unspecified atom stereocenters. The van der Waals surface area contributed by atoms with Gasteiger partial charge in [0.2, 0.25) is 0 Å². The van der Waals surface area contributed by atoms with Gasteiger partial charge in [0.15, 0.2) is 5.78 Å². The first-order chi connectivity index (χ1) is 16.4. The number of primary amides is 1. The van der Waals surface area contributed by atoms with Gasteiger partial charge >= 0.3 is 0 Å². The second-order valence-electron chi connectivity index (χ2n) is 9.81. The third-order valence-electron chi connectivity index (χ3n) is 7.30. The van der Waals surface area contributed by atoms with Crippen molar-refractivity contribution in [1.82, 2.24) is 10.3 Å². The number of nitrogens with two attached hydrogens (primary N) is 1. The van der Waals surface area contributed by atoms with E-state index in [9.17, 15) is 14.4 Å². The summed E-state index contributed by atoms with van der Waals surface area (Å²) < 4.78 is 0. The van der Waals surface area contributed by atoms with Gasteiger partial charge in [-0.15, -0.1) is 0 Å². The summed E-state index contributed by atoms with van der Waals surface area (Å²) in [7, 11) is 0. The van der Waals surface area contributed by atoms with Crippen molar-refractivity contribution >= 4 is 29.1 Å². The molecule has 0 radical (unpaired) electrons. The molecular formula is C26H31N5O3. The molecule has 178 valence electrons. The molecule has 8 heteroatoms. The third-order valence-corrected chi connectivity index (χ3v) is 7.30. The minimum absolute atomic E-state index is 0.0126. The summed E-state index contributed by atoms with van der Waals surface area (Å²) in [5.74, 6) is 0.773. The fourth-order valence-corrected chi connectivity index (χ4v) is 5.39. The quantitative estimate of drug-likeness (QED) is 0.546. The van der Waals surface area contributed by atoms with Crippen LogP contribution in [0.1, 0.15) is 76.5 Å². The van der Waals surface area contributed by atoms with Crippen LogP contribution in [0.4, 0.5) is 11.5 Å². The van der Waals surface area contributed by atoms with Gasteiger partial charge in [-0.2, -0.15) is 0 Å². The van der Waals surface area contributed by atoms with E-state index in [0.717, 1.165) is 50.9 Å². The van der Waals surface area contributed by atoms with Crippen molar-refractivity contribution in [2.75, 3.05) is 16.8 Å². The lowest BCUT2D eigenvalue weighted by atomic mass is 9.92. The minimum Gasteiger partial charge on any atom is -0.382 e. The maximum Gasteiger partial charge on any atom is 0.251 e. The van der Waals surface area contributed by atoms with E-state index in [2.05, 4.69) is 20.5 Å². The van der Waals surface area contributed by atoms with E-state index in [1.807, 2.05) is 12.1 Å². The third kappa shape index (κ3) is 4.62. The number of hydrogen-bond acceptors (Lipinski definition) is 6. The van der Waals surface area contributed by atoms with E-state index in [0.29, 0.717) is 40.4 Å². The van der Waals surface area contributed by atoms with Gasteiger partial charge in [0.25, 0.3) is 11.8 Å². The van der Waals surface area contributed by atoms with Crippen LogP contribution in [0.2, 0.25) is 0 Å². The molecule has 1 aliphatic heterocycles. The summed E-state index contributed by atoms with van der Waals surface area (Å²) in [5, 5.41) is 6.53. The maximum absolute atomic E-state index is 13.1. The highest BCUT2D eigenvalue weighted by atomic mass is 16.2. The number of aromatic nitrogens is 1. The number of piperidine rings is 1. The monoisotopic (exact) mass is 461 g/mol. The topological polar surface area (TPSA) is 117 Å². The Morgan fingerprint density at radius 3 is 2.50 bits per heavy atom. The molecule has 0 bridgehead atoms. The highest BCUT2D eigenvalue weighted by Gasteiger charge is 2.41. The number of Topliss-reactive ketones (excluding diaryl/α,β-unsaturated/α-hetero) is 1. The molecule has 1 saturated heterocycles. The fourth-order valence-electron chi connectivity index (χ4n) is 5.39. The zero-order chi connectivity index (χ0) is 23.8. The molecule has 5 rings (SSSR count). The Labute approximate surface area is 199 Å². The average molecular weight is 462 g/mol. The number of hydrogen-bond donors (Lipinski definition) is 3. The summed E-state index contributed by atoms with van der Waals surface area (Å²) in [6, 6.07) is 9.55. The zero-order valence-corrected chi connectivity index (χ0v) is 19.4. The number of amides is 2. The van der Waals surface area contributed by atoms with Crippen molar-refractivity contribution in [3.05, 3.63) is 53.2 Å². The predicted octanol–water partition coefficient (Wildman–Crippen LogP) is 3.13. The van der Waals surface area contributed by atoms with Gasteiger partial charge in [-0.05, 0) is 81.7 Å². The molecule has 2 saturated carbocycles. The molecule has 0 spiro atoms. The van der Waals surface area contributed by atoms with Gasteiger partial charge in [0, 0.05) is 47.7 Å². The van der Waals surface area contributed by atoms with Gasteiger partial charge in [-0.3, -0.25) is 14.4 Å². The number of anilines is 2. The van der Waals surface area contributed by atoms with Gasteiger partial charge in [-0.1, -0.05) is 0 Å². The van der Waals surface area contributed by atoms with E-state index in [-0.39, 0.29) is 17.7 Å². The van der Waals surface area contributed by atoms with Gasteiger partial charge in [-0.25, -0.2) is 4.98 Å². The van der Waals surface area contributed by atoms with E-state index in [1.54, 1.807) is 31.3 Å². The van der Waals surface area contributed by atoms with Crippen molar-refractivity contribution in [2.45, 2.75) is 63.6 Å². The number of fused-ring (bicyclic) bond motifs is 1. The van der Waals surface area contributed by atoms with Crippen LogP contribution in [-0.2, 0) is 0 Å². The molecule has 2 aliphatic carbocycles. The standard InChI is InChI=1S/C26H31N5O3/c1-15(32)18-5-9-24(28-14-18)31-10-2-3-16-11-20(13-23(16)31)30-26(34)17-4-8-21(25(27)33)22(12-17)29-19-6-7-19/h4-5,8-9,12,14,16,19-20,23,29H,2-3,6-7,10-11,13H2,1H3,(H2,27,33)(H,30,34). The lowest BCUT2D eigenvalue weighted by molar-refractivity contribution is 0.0934. The van der Waals surface area contributed by atoms with E-state index in [4.69, 9.17) is 5.73 Å². The molecule has 3 atom stereocenters. The SMILES string of the molecule is CC(=O)c1ccc(N2CCCC3CC(NC(=O)c4ccc(C(N)=O)c(NC5CC5)c4)CC32)nc1. The number of carbonyl (C=O) groups excluding carboxylic acids is 3. The van der Waals surface area contributed by atoms with Crippen LogP contribution in [0.5, 0.6) is 0 Å². The number of carbonyl (C=O) groups is 3. The Morgan fingerprint density at radius 2 is 1.82 bits per heavy atom. The molecule has 3 fully saturated rings. The molecule has 1 aromatic carbocycles. The summed E-state index contributed by atoms with van der Waals surface area (Å²) in [6.07, 6.45) is 7.79. The number of nitrogens with zero attached hydrogens (tertiary/aromatic N) is 2. The predicted molar refractivity (Wildman–Crippen MR) is 130 cm³/mol. The molecule has 3 aliphatic rings. The molecule has 4 N–H and O–H groups in total. The Kier molecular flexibility index (Phi) is 5.98. The molecule has 8 nitrogen and oxygen atoms in total. The molecule has 34 heavy (non-hydrogen) atoms. The van der Waals surface area contributed by atoms with Gasteiger partial charge in [0.05, 0.1) is 5.56 Å². The van der Waals surface area contributed by atoms with Crippen LogP contribution in [0.15, 0.2) is 36.5 Å². The number of rotatable bonds is 7. The fraction of sp³-hybridized carbons (Fsp3) is 0.462. The van der Waals surface area contributed by atoms with E-state index < -0.39 is 5.91 Å². The smallest absolute Gasteiger partial charge is 0.251 e. The molecule has 2 amide bonds. The highest BCUT2D eigenvalue weighted by molar-refractivity contribution is 6.02. The lowest BCUT2D eigenvalue weighted by Crippen LogP contribution is -2.43. The number of ketones is 1. The van der Waals surface area contributed by atoms with Crippen LogP contribution in [-0.4, -0.2) is 47.3 Å². The second-order valence-corrected chi connectivity index (χ2v) is 9.81. The number of benzene rings is 1. The molecule has 2 heterocycles. The summed E-state index contributed by atoms with van der Waals surface area (Å²) in [6.45, 7) is 2.48.